The lowest BCUT2D eigenvalue weighted by Gasteiger charge is -2.01. The smallest absolute Gasteiger partial charge is 0.101 e. The highest BCUT2D eigenvalue weighted by Crippen LogP contribution is 2.28. The molecule has 2 rings (SSSR count). The summed E-state index contributed by atoms with van der Waals surface area (Å²) in [6.07, 6.45) is 2.12. The lowest BCUT2D eigenvalue weighted by Crippen LogP contribution is -1.87. The van der Waals surface area contributed by atoms with Crippen molar-refractivity contribution in [3.63, 3.8) is 0 Å². The SMILES string of the molecule is CC(C)c1cn(C)c2c(C#N)cccc12. The predicted molar refractivity (Wildman–Crippen MR) is 61.7 cm³/mol. The molecule has 0 saturated heterocycles. The van der Waals surface area contributed by atoms with Gasteiger partial charge >= 0.3 is 0 Å². The maximum Gasteiger partial charge on any atom is 0.101 e. The van der Waals surface area contributed by atoms with Gasteiger partial charge in [0.1, 0.15) is 6.07 Å². The standard InChI is InChI=1S/C13H14N2/c1-9(2)12-8-15(3)13-10(7-14)5-4-6-11(12)13/h4-6,8-9H,1-3H3. The molecule has 0 radical (unpaired) electrons. The molecule has 76 valence electrons. The monoisotopic (exact) mass is 198 g/mol. The zero-order valence-electron chi connectivity index (χ0n) is 9.28. The van der Waals surface area contributed by atoms with Crippen LogP contribution in [0.15, 0.2) is 24.4 Å². The summed E-state index contributed by atoms with van der Waals surface area (Å²) in [5, 5.41) is 10.2. The Bertz CT molecular complexity index is 541. The number of benzene rings is 1. The number of nitriles is 1. The molecule has 0 aliphatic heterocycles. The average Bonchev–Trinajstić information content (AvgIpc) is 2.56. The third-order valence-corrected chi connectivity index (χ3v) is 2.77. The molecule has 2 aromatic rings. The minimum Gasteiger partial charge on any atom is -0.349 e. The average molecular weight is 198 g/mol. The Labute approximate surface area is 89.7 Å². The lowest BCUT2D eigenvalue weighted by molar-refractivity contribution is 0.857. The Morgan fingerprint density at radius 2 is 2.07 bits per heavy atom. The van der Waals surface area contributed by atoms with E-state index in [1.165, 1.54) is 10.9 Å². The molecule has 0 spiro atoms. The Balaban J connectivity index is 2.87. The van der Waals surface area contributed by atoms with E-state index in [1.54, 1.807) is 0 Å². The van der Waals surface area contributed by atoms with Crippen LogP contribution in [0, 0.1) is 11.3 Å². The number of aromatic nitrogens is 1. The molecule has 0 bridgehead atoms. The van der Waals surface area contributed by atoms with Gasteiger partial charge in [-0.05, 0) is 17.5 Å². The number of nitrogens with zero attached hydrogens (tertiary/aromatic N) is 2. The van der Waals surface area contributed by atoms with Crippen LogP contribution in [0.2, 0.25) is 0 Å². The minimum atomic E-state index is 0.489. The Morgan fingerprint density at radius 3 is 2.67 bits per heavy atom. The van der Waals surface area contributed by atoms with E-state index >= 15 is 0 Å². The van der Waals surface area contributed by atoms with E-state index in [0.29, 0.717) is 5.92 Å². The molecule has 1 aromatic carbocycles. The van der Waals surface area contributed by atoms with Crippen molar-refractivity contribution in [1.82, 2.24) is 4.57 Å². The molecule has 0 fully saturated rings. The molecule has 0 atom stereocenters. The van der Waals surface area contributed by atoms with E-state index < -0.39 is 0 Å². The molecule has 0 amide bonds. The van der Waals surface area contributed by atoms with Crippen LogP contribution in [0.25, 0.3) is 10.9 Å². The summed E-state index contributed by atoms with van der Waals surface area (Å²) in [6, 6.07) is 8.15. The number of fused-ring (bicyclic) bond motifs is 1. The zero-order valence-corrected chi connectivity index (χ0v) is 9.28. The van der Waals surface area contributed by atoms with Crippen molar-refractivity contribution in [3.05, 3.63) is 35.5 Å². The summed E-state index contributed by atoms with van der Waals surface area (Å²) in [5.41, 5.74) is 3.11. The summed E-state index contributed by atoms with van der Waals surface area (Å²) in [5.74, 6) is 0.489. The topological polar surface area (TPSA) is 28.7 Å². The van der Waals surface area contributed by atoms with Crippen LogP contribution < -0.4 is 0 Å². The van der Waals surface area contributed by atoms with Gasteiger partial charge in [0.05, 0.1) is 11.1 Å². The Kier molecular flexibility index (Phi) is 2.24. The van der Waals surface area contributed by atoms with Crippen LogP contribution in [0.3, 0.4) is 0 Å². The van der Waals surface area contributed by atoms with E-state index in [0.717, 1.165) is 11.1 Å². The zero-order chi connectivity index (χ0) is 11.0. The lowest BCUT2D eigenvalue weighted by atomic mass is 10.0. The highest BCUT2D eigenvalue weighted by molar-refractivity contribution is 5.89. The number of rotatable bonds is 1. The highest BCUT2D eigenvalue weighted by Gasteiger charge is 2.11. The molecule has 1 heterocycles. The van der Waals surface area contributed by atoms with E-state index in [4.69, 9.17) is 5.26 Å². The Morgan fingerprint density at radius 1 is 1.33 bits per heavy atom. The van der Waals surface area contributed by atoms with Crippen LogP contribution in [-0.2, 0) is 7.05 Å². The molecule has 0 N–H and O–H groups in total. The number of aryl methyl sites for hydroxylation is 1. The van der Waals surface area contributed by atoms with Gasteiger partial charge in [-0.2, -0.15) is 5.26 Å². The van der Waals surface area contributed by atoms with Gasteiger partial charge in [-0.25, -0.2) is 0 Å². The van der Waals surface area contributed by atoms with Crippen LogP contribution in [0.5, 0.6) is 0 Å². The molecule has 15 heavy (non-hydrogen) atoms. The van der Waals surface area contributed by atoms with Gasteiger partial charge in [0.2, 0.25) is 0 Å². The van der Waals surface area contributed by atoms with Gasteiger partial charge in [0, 0.05) is 18.6 Å². The number of para-hydroxylation sites is 1. The van der Waals surface area contributed by atoms with Crippen molar-refractivity contribution in [2.45, 2.75) is 19.8 Å². The first-order chi connectivity index (χ1) is 7.15. The van der Waals surface area contributed by atoms with Gasteiger partial charge in [-0.15, -0.1) is 0 Å². The molecule has 0 aliphatic carbocycles. The third-order valence-electron chi connectivity index (χ3n) is 2.77. The van der Waals surface area contributed by atoms with Crippen molar-refractivity contribution in [1.29, 1.82) is 5.26 Å². The molecule has 0 aliphatic rings. The fraction of sp³-hybridized carbons (Fsp3) is 0.308. The molecule has 1 aromatic heterocycles. The van der Waals surface area contributed by atoms with Crippen LogP contribution in [0.1, 0.15) is 30.9 Å². The quantitative estimate of drug-likeness (QED) is 0.691. The van der Waals surface area contributed by atoms with Crippen LogP contribution in [0.4, 0.5) is 0 Å². The predicted octanol–water partition coefficient (Wildman–Crippen LogP) is 3.17. The number of hydrogen-bond donors (Lipinski definition) is 0. The normalized spacial score (nSPS) is 10.9. The van der Waals surface area contributed by atoms with Gasteiger partial charge in [-0.1, -0.05) is 26.0 Å². The summed E-state index contributed by atoms with van der Waals surface area (Å²) in [6.45, 7) is 4.35. The van der Waals surface area contributed by atoms with Crippen LogP contribution >= 0.6 is 0 Å². The van der Waals surface area contributed by atoms with Crippen molar-refractivity contribution in [2.75, 3.05) is 0 Å². The fourth-order valence-electron chi connectivity index (χ4n) is 2.05. The first-order valence-electron chi connectivity index (χ1n) is 5.13. The minimum absolute atomic E-state index is 0.489. The number of hydrogen-bond acceptors (Lipinski definition) is 1. The van der Waals surface area contributed by atoms with Gasteiger partial charge < -0.3 is 4.57 Å². The second kappa shape index (κ2) is 3.43. The summed E-state index contributed by atoms with van der Waals surface area (Å²) in [7, 11) is 2.00. The van der Waals surface area contributed by atoms with Crippen molar-refractivity contribution >= 4 is 10.9 Å². The Hall–Kier alpha value is -1.75. The van der Waals surface area contributed by atoms with E-state index in [9.17, 15) is 0 Å². The summed E-state index contributed by atoms with van der Waals surface area (Å²) in [4.78, 5) is 0. The molecule has 0 saturated carbocycles. The van der Waals surface area contributed by atoms with Gasteiger partial charge in [0.25, 0.3) is 0 Å². The van der Waals surface area contributed by atoms with E-state index in [-0.39, 0.29) is 0 Å². The molecular formula is C13H14N2. The van der Waals surface area contributed by atoms with Crippen molar-refractivity contribution in [3.8, 4) is 6.07 Å². The first-order valence-corrected chi connectivity index (χ1v) is 5.13. The van der Waals surface area contributed by atoms with E-state index in [2.05, 4.69) is 32.2 Å². The third kappa shape index (κ3) is 1.41. The van der Waals surface area contributed by atoms with Crippen molar-refractivity contribution < 1.29 is 0 Å². The molecule has 2 heteroatoms. The molecular weight excluding hydrogens is 184 g/mol. The first kappa shape index (κ1) is 9.79. The van der Waals surface area contributed by atoms with Crippen molar-refractivity contribution in [2.24, 2.45) is 7.05 Å². The maximum absolute atomic E-state index is 9.04. The largest absolute Gasteiger partial charge is 0.349 e. The second-order valence-corrected chi connectivity index (χ2v) is 4.16. The van der Waals surface area contributed by atoms with E-state index in [1.807, 2.05) is 23.7 Å². The van der Waals surface area contributed by atoms with Gasteiger partial charge in [0.15, 0.2) is 0 Å². The molecule has 0 unspecified atom stereocenters. The second-order valence-electron chi connectivity index (χ2n) is 4.16. The maximum atomic E-state index is 9.04. The summed E-state index contributed by atoms with van der Waals surface area (Å²) < 4.78 is 2.04. The molecule has 2 nitrogen and oxygen atoms in total. The fourth-order valence-corrected chi connectivity index (χ4v) is 2.05. The van der Waals surface area contributed by atoms with Gasteiger partial charge in [-0.3, -0.25) is 0 Å². The summed E-state index contributed by atoms with van der Waals surface area (Å²) >= 11 is 0. The highest BCUT2D eigenvalue weighted by atomic mass is 14.9. The van der Waals surface area contributed by atoms with Crippen LogP contribution in [-0.4, -0.2) is 4.57 Å².